The molecule has 25 heavy (non-hydrogen) atoms. The van der Waals surface area contributed by atoms with Crippen LogP contribution in [0.3, 0.4) is 0 Å². The SMILES string of the molecule is CC(C)Cn1cnc2c([As])nc3cccnc3c21.CCS(=O)(=O)O.O. The smallest absolute Gasteiger partial charge is 0.264 e. The first-order chi connectivity index (χ1) is 11.2. The minimum atomic E-state index is -3.66. The summed E-state index contributed by atoms with van der Waals surface area (Å²) in [5.41, 5.74) is 3.87. The van der Waals surface area contributed by atoms with Gasteiger partial charge < -0.3 is 5.48 Å². The molecule has 3 aromatic rings. The van der Waals surface area contributed by atoms with Crippen molar-refractivity contribution < 1.29 is 18.4 Å². The maximum atomic E-state index is 9.56. The first-order valence-electron chi connectivity index (χ1n) is 7.46. The monoisotopic (exact) mass is 428 g/mol. The van der Waals surface area contributed by atoms with Crippen LogP contribution >= 0.6 is 0 Å². The van der Waals surface area contributed by atoms with E-state index >= 15 is 0 Å². The van der Waals surface area contributed by atoms with Crippen LogP contribution in [0.15, 0.2) is 24.7 Å². The number of imidazole rings is 1. The zero-order chi connectivity index (χ0) is 17.9. The molecule has 0 fully saturated rings. The van der Waals surface area contributed by atoms with Crippen molar-refractivity contribution in [2.75, 3.05) is 5.75 Å². The van der Waals surface area contributed by atoms with Crippen LogP contribution in [-0.2, 0) is 16.7 Å². The van der Waals surface area contributed by atoms with Crippen LogP contribution in [0, 0.1) is 5.92 Å². The number of hydrogen-bond acceptors (Lipinski definition) is 5. The molecule has 0 spiro atoms. The summed E-state index contributed by atoms with van der Waals surface area (Å²) in [5, 5.41) is 0. The number of hydrogen-bond donors (Lipinski definition) is 1. The normalized spacial score (nSPS) is 11.3. The molecule has 3 aromatic heterocycles. The number of rotatable bonds is 3. The summed E-state index contributed by atoms with van der Waals surface area (Å²) in [6, 6.07) is 3.90. The Hall–Kier alpha value is -1.54. The average Bonchev–Trinajstić information content (AvgIpc) is 2.91. The maximum absolute atomic E-state index is 9.56. The molecule has 2 radical (unpaired) electrons. The molecule has 0 saturated heterocycles. The molecule has 8 nitrogen and oxygen atoms in total. The summed E-state index contributed by atoms with van der Waals surface area (Å²) in [6.07, 6.45) is 3.69. The van der Waals surface area contributed by atoms with Crippen molar-refractivity contribution in [2.24, 2.45) is 5.92 Å². The average molecular weight is 428 g/mol. The molecule has 0 bridgehead atoms. The third-order valence-electron chi connectivity index (χ3n) is 3.21. The van der Waals surface area contributed by atoms with E-state index in [1.165, 1.54) is 6.92 Å². The summed E-state index contributed by atoms with van der Waals surface area (Å²) < 4.78 is 30.0. The van der Waals surface area contributed by atoms with Gasteiger partial charge in [0.2, 0.25) is 0 Å². The van der Waals surface area contributed by atoms with Crippen LogP contribution in [0.5, 0.6) is 0 Å². The van der Waals surface area contributed by atoms with Gasteiger partial charge in [0.1, 0.15) is 0 Å². The fourth-order valence-corrected chi connectivity index (χ4v) is 2.73. The second-order valence-electron chi connectivity index (χ2n) is 5.67. The summed E-state index contributed by atoms with van der Waals surface area (Å²) in [6.45, 7) is 6.71. The third-order valence-corrected chi connectivity index (χ3v) is 4.60. The predicted molar refractivity (Wildman–Crippen MR) is 98.8 cm³/mol. The van der Waals surface area contributed by atoms with Crippen LogP contribution in [0.25, 0.3) is 22.1 Å². The molecule has 136 valence electrons. The number of aromatic nitrogens is 4. The zero-order valence-corrected chi connectivity index (χ0v) is 16.9. The van der Waals surface area contributed by atoms with E-state index in [4.69, 9.17) is 4.55 Å². The summed E-state index contributed by atoms with van der Waals surface area (Å²) in [4.78, 5) is 13.5. The van der Waals surface area contributed by atoms with Gasteiger partial charge >= 0.3 is 114 Å². The van der Waals surface area contributed by atoms with Gasteiger partial charge in [-0.05, 0) is 6.92 Å². The van der Waals surface area contributed by atoms with E-state index in [0.29, 0.717) is 5.92 Å². The van der Waals surface area contributed by atoms with Crippen molar-refractivity contribution in [2.45, 2.75) is 27.3 Å². The van der Waals surface area contributed by atoms with Crippen molar-refractivity contribution in [3.63, 3.8) is 0 Å². The first-order valence-corrected chi connectivity index (χ1v) is 10.0. The van der Waals surface area contributed by atoms with Crippen molar-refractivity contribution in [1.82, 2.24) is 19.5 Å². The minimum Gasteiger partial charge on any atom is -0.412 e. The molecule has 0 atom stereocenters. The Morgan fingerprint density at radius 1 is 1.28 bits per heavy atom. The van der Waals surface area contributed by atoms with Gasteiger partial charge in [-0.1, -0.05) is 0 Å². The van der Waals surface area contributed by atoms with Crippen LogP contribution in [0.2, 0.25) is 0 Å². The van der Waals surface area contributed by atoms with Crippen LogP contribution < -0.4 is 4.48 Å². The van der Waals surface area contributed by atoms with E-state index in [1.54, 1.807) is 6.20 Å². The summed E-state index contributed by atoms with van der Waals surface area (Å²) in [7, 11) is -3.66. The van der Waals surface area contributed by atoms with E-state index in [0.717, 1.165) is 33.1 Å². The molecule has 10 heteroatoms. The van der Waals surface area contributed by atoms with Crippen molar-refractivity contribution >= 4 is 53.5 Å². The van der Waals surface area contributed by atoms with Gasteiger partial charge in [0.25, 0.3) is 10.1 Å². The Labute approximate surface area is 155 Å². The third kappa shape index (κ3) is 5.47. The molecule has 0 aliphatic carbocycles. The number of nitrogens with zero attached hydrogens (tertiary/aromatic N) is 4. The van der Waals surface area contributed by atoms with Crippen LogP contribution in [-0.4, -0.2) is 60.6 Å². The molecule has 0 aromatic carbocycles. The molecule has 0 unspecified atom stereocenters. The fraction of sp³-hybridized carbons (Fsp3) is 0.400. The second-order valence-corrected chi connectivity index (χ2v) is 8.30. The van der Waals surface area contributed by atoms with Gasteiger partial charge in [-0.2, -0.15) is 8.42 Å². The summed E-state index contributed by atoms with van der Waals surface area (Å²) >= 11 is 2.50. The van der Waals surface area contributed by atoms with E-state index < -0.39 is 10.1 Å². The Kier molecular flexibility index (Phi) is 7.49. The van der Waals surface area contributed by atoms with Gasteiger partial charge in [-0.3, -0.25) is 4.55 Å². The van der Waals surface area contributed by atoms with Crippen molar-refractivity contribution in [3.05, 3.63) is 24.7 Å². The Morgan fingerprint density at radius 3 is 2.48 bits per heavy atom. The topological polar surface area (TPSA) is 129 Å². The molecule has 0 aliphatic rings. The fourth-order valence-electron chi connectivity index (χ4n) is 2.16. The van der Waals surface area contributed by atoms with E-state index in [2.05, 4.69) is 50.2 Å². The molecule has 3 N–H and O–H groups in total. The quantitative estimate of drug-likeness (QED) is 0.478. The second kappa shape index (κ2) is 8.71. The van der Waals surface area contributed by atoms with Crippen LogP contribution in [0.1, 0.15) is 20.8 Å². The van der Waals surface area contributed by atoms with Gasteiger partial charge in [0, 0.05) is 0 Å². The van der Waals surface area contributed by atoms with E-state index in [1.807, 2.05) is 18.5 Å². The standard InChI is InChI=1S/C13H13AsN4.C2H6O3S.H2O/c1-8(2)6-18-7-16-11-12(18)10-9(17-13(11)14)4-3-5-15-10;1-2-6(3,4)5;/h3-5,7-8H,6H2,1-2H3;2H2,1H3,(H,3,4,5);1H2. The minimum absolute atomic E-state index is 0. The molecule has 3 heterocycles. The van der Waals surface area contributed by atoms with E-state index in [-0.39, 0.29) is 11.2 Å². The molecular formula is C15H21AsN4O4S. The summed E-state index contributed by atoms with van der Waals surface area (Å²) in [5.74, 6) is 0.372. The molecule has 3 rings (SSSR count). The van der Waals surface area contributed by atoms with Crippen LogP contribution in [0.4, 0.5) is 0 Å². The van der Waals surface area contributed by atoms with E-state index in [9.17, 15) is 8.42 Å². The maximum Gasteiger partial charge on any atom is 0.264 e. The largest absolute Gasteiger partial charge is 0.412 e. The Morgan fingerprint density at radius 2 is 1.92 bits per heavy atom. The number of fused-ring (bicyclic) bond motifs is 3. The molecular weight excluding hydrogens is 407 g/mol. The van der Waals surface area contributed by atoms with Crippen molar-refractivity contribution in [1.29, 1.82) is 0 Å². The number of pyridine rings is 2. The van der Waals surface area contributed by atoms with Gasteiger partial charge in [-0.15, -0.1) is 0 Å². The zero-order valence-electron chi connectivity index (χ0n) is 14.2. The predicted octanol–water partition coefficient (Wildman–Crippen LogP) is 0.499. The molecule has 0 aliphatic heterocycles. The first kappa shape index (κ1) is 21.5. The van der Waals surface area contributed by atoms with Crippen molar-refractivity contribution in [3.8, 4) is 0 Å². The Bertz CT molecular complexity index is 957. The van der Waals surface area contributed by atoms with Gasteiger partial charge in [-0.25, -0.2) is 0 Å². The van der Waals surface area contributed by atoms with Gasteiger partial charge in [0.15, 0.2) is 0 Å². The van der Waals surface area contributed by atoms with Gasteiger partial charge in [0.05, 0.1) is 5.75 Å². The molecule has 0 amide bonds. The Balaban J connectivity index is 0.000000390. The molecule has 0 saturated carbocycles.